The number of alkyl carbamates (subject to hydrolysis) is 1. The van der Waals surface area contributed by atoms with Crippen LogP contribution in [0.3, 0.4) is 0 Å². The second kappa shape index (κ2) is 8.96. The van der Waals surface area contributed by atoms with Gasteiger partial charge in [-0.3, -0.25) is 4.90 Å². The third-order valence-corrected chi connectivity index (χ3v) is 16.0. The number of fused-ring (bicyclic) bond motifs is 1. The van der Waals surface area contributed by atoms with Crippen molar-refractivity contribution >= 4 is 14.4 Å². The van der Waals surface area contributed by atoms with E-state index in [1.165, 1.54) is 37.8 Å². The van der Waals surface area contributed by atoms with Gasteiger partial charge >= 0.3 is 6.09 Å². The van der Waals surface area contributed by atoms with Crippen molar-refractivity contribution < 1.29 is 14.0 Å². The topological polar surface area (TPSA) is 62.8 Å². The van der Waals surface area contributed by atoms with Crippen molar-refractivity contribution in [1.82, 2.24) is 15.5 Å². The number of rotatable bonds is 5. The van der Waals surface area contributed by atoms with Crippen LogP contribution in [0.15, 0.2) is 18.2 Å². The minimum atomic E-state index is -1.92. The maximum absolute atomic E-state index is 12.3. The summed E-state index contributed by atoms with van der Waals surface area (Å²) in [4.78, 5) is 15.1. The Bertz CT molecular complexity index is 1140. The molecule has 6 atom stereocenters. The summed E-state index contributed by atoms with van der Waals surface area (Å²) < 4.78 is 12.4. The van der Waals surface area contributed by atoms with Crippen LogP contribution in [-0.2, 0) is 16.6 Å². The Morgan fingerprint density at radius 1 is 1.18 bits per heavy atom. The van der Waals surface area contributed by atoms with Gasteiger partial charge in [-0.15, -0.1) is 0 Å². The van der Waals surface area contributed by atoms with Crippen molar-refractivity contribution in [2.24, 2.45) is 17.3 Å². The van der Waals surface area contributed by atoms with E-state index in [1.807, 2.05) is 20.8 Å². The van der Waals surface area contributed by atoms with E-state index >= 15 is 0 Å². The van der Waals surface area contributed by atoms with Crippen LogP contribution >= 0.6 is 0 Å². The molecule has 4 bridgehead atoms. The summed E-state index contributed by atoms with van der Waals surface area (Å²) in [5, 5.41) is 7.17. The van der Waals surface area contributed by atoms with Crippen LogP contribution in [0.5, 0.6) is 5.75 Å². The van der Waals surface area contributed by atoms with Crippen LogP contribution in [0.25, 0.3) is 0 Å². The molecule has 0 aromatic heterocycles. The fraction of sp³-hybridized carbons (Fsp3) is 0.781. The van der Waals surface area contributed by atoms with Gasteiger partial charge in [0.2, 0.25) is 8.32 Å². The Kier molecular flexibility index (Phi) is 6.34. The van der Waals surface area contributed by atoms with E-state index in [9.17, 15) is 4.79 Å². The molecule has 3 aliphatic carbocycles. The van der Waals surface area contributed by atoms with E-state index in [4.69, 9.17) is 9.16 Å². The zero-order chi connectivity index (χ0) is 28.0. The molecule has 6 nitrogen and oxygen atoms in total. The van der Waals surface area contributed by atoms with Gasteiger partial charge in [0.25, 0.3) is 0 Å². The molecule has 2 saturated heterocycles. The Balaban J connectivity index is 1.32. The van der Waals surface area contributed by atoms with E-state index in [2.05, 4.69) is 67.6 Å². The minimum Gasteiger partial charge on any atom is -0.543 e. The molecule has 0 spiro atoms. The number of piperidine rings is 1. The molecule has 1 amide bonds. The molecule has 2 saturated carbocycles. The number of carbonyl (C=O) groups excluding carboxylic acids is 1. The highest BCUT2D eigenvalue weighted by Gasteiger charge is 2.74. The molecule has 7 heteroatoms. The molecule has 1 aromatic carbocycles. The predicted molar refractivity (Wildman–Crippen MR) is 159 cm³/mol. The van der Waals surface area contributed by atoms with Crippen LogP contribution in [0.2, 0.25) is 18.1 Å². The zero-order valence-electron chi connectivity index (χ0n) is 25.6. The first-order valence-corrected chi connectivity index (χ1v) is 18.3. The number of benzene rings is 1. The highest BCUT2D eigenvalue weighted by atomic mass is 28.4. The summed E-state index contributed by atoms with van der Waals surface area (Å²) >= 11 is 0. The standard InChI is InChI=1S/C32H51N3O3Si/c1-29(2,3)37-28(36)33-14-16-35-15-13-32-24-18-23(38-39(7,8)30(4,5)6)10-9-21(24)17-26(35)31(32)12-11-25-27(32)22(19-31)20-34-25/h9-10,18,22,25-27,34H,11-17,19-20H2,1-8H3,(H,33,36)/t22-,25?,26?,27?,31?,32?/m1/s1. The normalized spacial score (nSPS) is 35.3. The number of nitrogens with zero attached hydrogens (tertiary/aromatic N) is 1. The van der Waals surface area contributed by atoms with Crippen molar-refractivity contribution in [3.05, 3.63) is 29.3 Å². The third kappa shape index (κ3) is 4.20. The van der Waals surface area contributed by atoms with Crippen LogP contribution in [0.4, 0.5) is 4.79 Å². The molecule has 39 heavy (non-hydrogen) atoms. The molecule has 5 unspecified atom stereocenters. The Labute approximate surface area is 237 Å². The third-order valence-electron chi connectivity index (χ3n) is 11.7. The van der Waals surface area contributed by atoms with E-state index in [-0.39, 0.29) is 16.5 Å². The van der Waals surface area contributed by atoms with Crippen molar-refractivity contribution in [2.75, 3.05) is 26.2 Å². The highest BCUT2D eigenvalue weighted by molar-refractivity contribution is 6.74. The van der Waals surface area contributed by atoms with Gasteiger partial charge in [0, 0.05) is 30.6 Å². The lowest BCUT2D eigenvalue weighted by molar-refractivity contribution is -0.0922. The molecule has 6 rings (SSSR count). The Morgan fingerprint density at radius 2 is 1.95 bits per heavy atom. The maximum atomic E-state index is 12.3. The Morgan fingerprint density at radius 3 is 2.67 bits per heavy atom. The summed E-state index contributed by atoms with van der Waals surface area (Å²) in [6, 6.07) is 8.37. The number of likely N-dealkylation sites (tertiary alicyclic amines) is 1. The van der Waals surface area contributed by atoms with Gasteiger partial charge in [0.1, 0.15) is 11.4 Å². The molecule has 216 valence electrons. The molecule has 4 fully saturated rings. The van der Waals surface area contributed by atoms with Gasteiger partial charge in [0.15, 0.2) is 0 Å². The fourth-order valence-corrected chi connectivity index (χ4v) is 10.4. The smallest absolute Gasteiger partial charge is 0.407 e. The van der Waals surface area contributed by atoms with Crippen LogP contribution in [0.1, 0.15) is 78.4 Å². The summed E-state index contributed by atoms with van der Waals surface area (Å²) in [5.41, 5.74) is 3.26. The number of ether oxygens (including phenoxy) is 1. The molecule has 0 radical (unpaired) electrons. The number of hydrogen-bond donors (Lipinski definition) is 2. The van der Waals surface area contributed by atoms with E-state index in [0.29, 0.717) is 24.0 Å². The highest BCUT2D eigenvalue weighted by Crippen LogP contribution is 2.74. The summed E-state index contributed by atoms with van der Waals surface area (Å²) in [6.45, 7) is 21.3. The summed E-state index contributed by atoms with van der Waals surface area (Å²) in [5.74, 6) is 2.60. The number of amides is 1. The quantitative estimate of drug-likeness (QED) is 0.448. The van der Waals surface area contributed by atoms with E-state index in [0.717, 1.165) is 37.1 Å². The number of hydrogen-bond acceptors (Lipinski definition) is 5. The zero-order valence-corrected chi connectivity index (χ0v) is 26.6. The second-order valence-electron chi connectivity index (χ2n) is 15.8. The molecule has 5 aliphatic rings. The number of nitrogens with one attached hydrogen (secondary N) is 2. The van der Waals surface area contributed by atoms with Crippen LogP contribution in [0, 0.1) is 17.3 Å². The van der Waals surface area contributed by atoms with Crippen molar-refractivity contribution in [3.8, 4) is 5.75 Å². The molecule has 2 heterocycles. The summed E-state index contributed by atoms with van der Waals surface area (Å²) in [7, 11) is -1.92. The maximum Gasteiger partial charge on any atom is 0.407 e. The average Bonchev–Trinajstić information content (AvgIpc) is 3.29. The largest absolute Gasteiger partial charge is 0.543 e. The van der Waals surface area contributed by atoms with Gasteiger partial charge in [-0.25, -0.2) is 4.79 Å². The molecule has 1 aromatic rings. The lowest BCUT2D eigenvalue weighted by Gasteiger charge is -2.66. The summed E-state index contributed by atoms with van der Waals surface area (Å²) in [6.07, 6.45) is 5.98. The monoisotopic (exact) mass is 553 g/mol. The van der Waals surface area contributed by atoms with E-state index < -0.39 is 13.9 Å². The Hall–Kier alpha value is -1.57. The first kappa shape index (κ1) is 27.6. The fourth-order valence-electron chi connectivity index (χ4n) is 9.33. The minimum absolute atomic E-state index is 0.180. The second-order valence-corrected chi connectivity index (χ2v) is 20.5. The predicted octanol–water partition coefficient (Wildman–Crippen LogP) is 5.85. The molecule has 2 N–H and O–H groups in total. The molecular weight excluding hydrogens is 502 g/mol. The van der Waals surface area contributed by atoms with E-state index in [1.54, 1.807) is 5.56 Å². The van der Waals surface area contributed by atoms with Gasteiger partial charge in [0.05, 0.1) is 0 Å². The van der Waals surface area contributed by atoms with Gasteiger partial charge in [-0.2, -0.15) is 0 Å². The van der Waals surface area contributed by atoms with Crippen molar-refractivity contribution in [2.45, 2.75) is 115 Å². The van der Waals surface area contributed by atoms with Crippen molar-refractivity contribution in [1.29, 1.82) is 0 Å². The number of carbonyl (C=O) groups is 1. The van der Waals surface area contributed by atoms with Crippen LogP contribution in [-0.4, -0.2) is 63.2 Å². The first-order valence-electron chi connectivity index (χ1n) is 15.4. The molecule has 2 aliphatic heterocycles. The van der Waals surface area contributed by atoms with Crippen LogP contribution < -0.4 is 15.1 Å². The molecular formula is C32H51N3O3Si. The van der Waals surface area contributed by atoms with Crippen molar-refractivity contribution in [3.63, 3.8) is 0 Å². The van der Waals surface area contributed by atoms with Gasteiger partial charge in [-0.1, -0.05) is 26.8 Å². The lowest BCUT2D eigenvalue weighted by Crippen LogP contribution is -2.69. The SMILES string of the molecule is CC(C)(C)OC(=O)NCCN1CCC23c4cc(O[Si](C)(C)C(C)(C)C)ccc4CC1C21CCC2NC[C@@H](C1)C23. The lowest BCUT2D eigenvalue weighted by atomic mass is 9.43. The first-order chi connectivity index (χ1) is 18.2. The average molecular weight is 554 g/mol. The van der Waals surface area contributed by atoms with Gasteiger partial charge in [-0.05, 0) is 125 Å². The van der Waals surface area contributed by atoms with Gasteiger partial charge < -0.3 is 19.8 Å².